The lowest BCUT2D eigenvalue weighted by atomic mass is 9.65. The van der Waals surface area contributed by atoms with Gasteiger partial charge in [-0.3, -0.25) is 19.3 Å². The van der Waals surface area contributed by atoms with Gasteiger partial charge in [-0.15, -0.1) is 0 Å². The van der Waals surface area contributed by atoms with E-state index in [1.807, 2.05) is 30.3 Å². The van der Waals surface area contributed by atoms with Crippen molar-refractivity contribution in [3.05, 3.63) is 59.7 Å². The van der Waals surface area contributed by atoms with Crippen LogP contribution in [-0.2, 0) is 19.8 Å². The molecule has 6 heteroatoms. The molecule has 0 spiro atoms. The first-order chi connectivity index (χ1) is 16.0. The maximum atomic E-state index is 13.6. The number of esters is 1. The Morgan fingerprint density at radius 3 is 2.45 bits per heavy atom. The lowest BCUT2D eigenvalue weighted by molar-refractivity contribution is -0.145. The fourth-order valence-electron chi connectivity index (χ4n) is 5.14. The molecule has 4 rings (SSSR count). The van der Waals surface area contributed by atoms with E-state index >= 15 is 0 Å². The van der Waals surface area contributed by atoms with Crippen molar-refractivity contribution in [2.75, 3.05) is 13.7 Å². The van der Waals surface area contributed by atoms with E-state index in [-0.39, 0.29) is 18.2 Å². The van der Waals surface area contributed by atoms with Crippen molar-refractivity contribution >= 4 is 17.8 Å². The molecule has 0 aromatic heterocycles. The first-order valence-electron chi connectivity index (χ1n) is 11.8. The van der Waals surface area contributed by atoms with Crippen LogP contribution >= 0.6 is 0 Å². The van der Waals surface area contributed by atoms with Crippen LogP contribution in [0.2, 0.25) is 0 Å². The molecule has 0 unspecified atom stereocenters. The first kappa shape index (κ1) is 23.0. The Morgan fingerprint density at radius 2 is 1.73 bits per heavy atom. The van der Waals surface area contributed by atoms with E-state index in [0.29, 0.717) is 29.2 Å². The lowest BCUT2D eigenvalue weighted by Crippen LogP contribution is -2.46. The summed E-state index contributed by atoms with van der Waals surface area (Å²) in [6, 6.07) is 14.3. The van der Waals surface area contributed by atoms with E-state index < -0.39 is 17.3 Å². The zero-order valence-electron chi connectivity index (χ0n) is 19.3. The predicted molar refractivity (Wildman–Crippen MR) is 124 cm³/mol. The largest absolute Gasteiger partial charge is 0.497 e. The van der Waals surface area contributed by atoms with E-state index in [9.17, 15) is 14.4 Å². The predicted octanol–water partition coefficient (Wildman–Crippen LogP) is 4.64. The van der Waals surface area contributed by atoms with Crippen LogP contribution in [-0.4, -0.2) is 36.3 Å². The van der Waals surface area contributed by atoms with Crippen LogP contribution in [0, 0.1) is 5.92 Å². The normalized spacial score (nSPS) is 21.9. The van der Waals surface area contributed by atoms with Gasteiger partial charge in [0.1, 0.15) is 16.9 Å². The second-order valence-corrected chi connectivity index (χ2v) is 8.83. The van der Waals surface area contributed by atoms with Crippen LogP contribution in [0.25, 0.3) is 0 Å². The Kier molecular flexibility index (Phi) is 6.82. The number of fused-ring (bicyclic) bond motifs is 1. The summed E-state index contributed by atoms with van der Waals surface area (Å²) in [4.78, 5) is 41.4. The van der Waals surface area contributed by atoms with Crippen molar-refractivity contribution in [1.29, 1.82) is 0 Å². The van der Waals surface area contributed by atoms with Gasteiger partial charge in [0.15, 0.2) is 0 Å². The number of imide groups is 1. The number of unbranched alkanes of at least 4 members (excludes halogenated alkanes) is 5. The Morgan fingerprint density at radius 1 is 1.00 bits per heavy atom. The molecule has 1 fully saturated rings. The summed E-state index contributed by atoms with van der Waals surface area (Å²) in [5.41, 5.74) is -0.159. The molecule has 1 saturated heterocycles. The van der Waals surface area contributed by atoms with Crippen LogP contribution in [0.5, 0.6) is 11.5 Å². The second kappa shape index (κ2) is 9.77. The van der Waals surface area contributed by atoms with Gasteiger partial charge in [0, 0.05) is 18.5 Å². The van der Waals surface area contributed by atoms with Gasteiger partial charge >= 0.3 is 5.97 Å². The van der Waals surface area contributed by atoms with Crippen LogP contribution in [0.1, 0.15) is 63.0 Å². The van der Waals surface area contributed by atoms with E-state index in [1.165, 1.54) is 24.2 Å². The first-order valence-corrected chi connectivity index (χ1v) is 11.8. The average molecular weight is 450 g/mol. The fraction of sp³-hybridized carbons (Fsp3) is 0.444. The van der Waals surface area contributed by atoms with Crippen molar-refractivity contribution in [3.8, 4) is 11.5 Å². The van der Waals surface area contributed by atoms with E-state index in [4.69, 9.17) is 9.47 Å². The molecule has 0 aliphatic carbocycles. The van der Waals surface area contributed by atoms with Gasteiger partial charge in [-0.1, -0.05) is 69.4 Å². The molecule has 0 radical (unpaired) electrons. The molecule has 2 aromatic rings. The average Bonchev–Trinajstić information content (AvgIpc) is 3.28. The van der Waals surface area contributed by atoms with E-state index in [2.05, 4.69) is 6.92 Å². The highest BCUT2D eigenvalue weighted by molar-refractivity contribution is 6.09. The van der Waals surface area contributed by atoms with Gasteiger partial charge in [0.2, 0.25) is 11.8 Å². The number of rotatable bonds is 10. The summed E-state index contributed by atoms with van der Waals surface area (Å²) < 4.78 is 11.1. The molecule has 2 amide bonds. The van der Waals surface area contributed by atoms with Crippen LogP contribution in [0.15, 0.2) is 48.5 Å². The molecule has 2 aliphatic heterocycles. The summed E-state index contributed by atoms with van der Waals surface area (Å²) in [6.07, 6.45) is 6.39. The zero-order chi connectivity index (χ0) is 23.4. The molecule has 33 heavy (non-hydrogen) atoms. The number of benzene rings is 2. The maximum absolute atomic E-state index is 13.6. The SMILES string of the molecule is CCCCCCCCN1C(=O)C[C@@H]([C@@]2(c3ccccc3)C(=O)Oc3ccc(OC)cc32)C1=O. The summed E-state index contributed by atoms with van der Waals surface area (Å²) in [7, 11) is 1.55. The van der Waals surface area contributed by atoms with Crippen LogP contribution < -0.4 is 9.47 Å². The third-order valence-electron chi connectivity index (χ3n) is 6.87. The summed E-state index contributed by atoms with van der Waals surface area (Å²) >= 11 is 0. The number of likely N-dealkylation sites (tertiary alicyclic amines) is 1. The minimum absolute atomic E-state index is 0.0185. The van der Waals surface area contributed by atoms with Crippen LogP contribution in [0.3, 0.4) is 0 Å². The lowest BCUT2D eigenvalue weighted by Gasteiger charge is -2.31. The van der Waals surface area contributed by atoms with Gasteiger partial charge in [0.25, 0.3) is 0 Å². The van der Waals surface area contributed by atoms with Crippen molar-refractivity contribution in [2.45, 2.75) is 57.3 Å². The van der Waals surface area contributed by atoms with Crippen molar-refractivity contribution < 1.29 is 23.9 Å². The molecule has 0 N–H and O–H groups in total. The molecule has 2 aromatic carbocycles. The monoisotopic (exact) mass is 449 g/mol. The number of hydrogen-bond donors (Lipinski definition) is 0. The highest BCUT2D eigenvalue weighted by atomic mass is 16.5. The van der Waals surface area contributed by atoms with E-state index in [0.717, 1.165) is 19.3 Å². The molecular formula is C27H31NO5. The minimum Gasteiger partial charge on any atom is -0.497 e. The molecule has 6 nitrogen and oxygen atoms in total. The summed E-state index contributed by atoms with van der Waals surface area (Å²) in [5.74, 6) is -0.937. The smallest absolute Gasteiger partial charge is 0.327 e. The standard InChI is InChI=1S/C27H31NO5/c1-3-4-5-6-7-11-16-28-24(29)18-22(25(28)30)27(19-12-9-8-10-13-19)21-17-20(32-2)14-15-23(21)33-26(27)31/h8-10,12-15,17,22H,3-7,11,16,18H2,1-2H3/t22-,27+/m1/s1. The number of carbonyl (C=O) groups excluding carboxylic acids is 3. The number of methoxy groups -OCH3 is 1. The van der Waals surface area contributed by atoms with Gasteiger partial charge < -0.3 is 9.47 Å². The third kappa shape index (κ3) is 4.03. The molecule has 2 atom stereocenters. The third-order valence-corrected chi connectivity index (χ3v) is 6.87. The second-order valence-electron chi connectivity index (χ2n) is 8.83. The summed E-state index contributed by atoms with van der Waals surface area (Å²) in [5, 5.41) is 0. The van der Waals surface area contributed by atoms with Gasteiger partial charge in [-0.2, -0.15) is 0 Å². The molecule has 0 saturated carbocycles. The Labute approximate surface area is 194 Å². The van der Waals surface area contributed by atoms with Crippen molar-refractivity contribution in [1.82, 2.24) is 4.90 Å². The molecular weight excluding hydrogens is 418 g/mol. The Balaban J connectivity index is 1.68. The van der Waals surface area contributed by atoms with E-state index in [1.54, 1.807) is 25.3 Å². The highest BCUT2D eigenvalue weighted by Gasteiger charge is 2.62. The topological polar surface area (TPSA) is 72.9 Å². The van der Waals surface area contributed by atoms with Gasteiger partial charge in [-0.25, -0.2) is 0 Å². The van der Waals surface area contributed by atoms with Crippen molar-refractivity contribution in [3.63, 3.8) is 0 Å². The van der Waals surface area contributed by atoms with Gasteiger partial charge in [-0.05, 0) is 30.2 Å². The zero-order valence-corrected chi connectivity index (χ0v) is 19.3. The summed E-state index contributed by atoms with van der Waals surface area (Å²) in [6.45, 7) is 2.57. The Hall–Kier alpha value is -3.15. The quantitative estimate of drug-likeness (QED) is 0.229. The molecule has 0 bridgehead atoms. The number of nitrogens with zero attached hydrogens (tertiary/aromatic N) is 1. The Bertz CT molecular complexity index is 1030. The number of amides is 2. The number of carbonyl (C=O) groups is 3. The maximum Gasteiger partial charge on any atom is 0.327 e. The molecule has 2 aliphatic rings. The molecule has 174 valence electrons. The highest BCUT2D eigenvalue weighted by Crippen LogP contribution is 2.53. The van der Waals surface area contributed by atoms with Crippen LogP contribution in [0.4, 0.5) is 0 Å². The minimum atomic E-state index is -1.38. The van der Waals surface area contributed by atoms with Gasteiger partial charge in [0.05, 0.1) is 13.0 Å². The number of ether oxygens (including phenoxy) is 2. The van der Waals surface area contributed by atoms with Crippen molar-refractivity contribution in [2.24, 2.45) is 5.92 Å². The fourth-order valence-corrected chi connectivity index (χ4v) is 5.14. The molecule has 2 heterocycles. The number of hydrogen-bond acceptors (Lipinski definition) is 5.